The number of aromatic nitrogens is 2. The standard InChI is InChI=1S/C20H29N5O6S2/c1-13-17(14(2)24(21-13)15-6-8-32(28,29)11-15)10-23(3)20(27)18-4-5-19(26)25(22-18)16-7-9-33(30,31)12-16/h15-16H,4-12H2,1-3H3/t15-,16-/m0/s1. The first kappa shape index (κ1) is 23.9. The summed E-state index contributed by atoms with van der Waals surface area (Å²) in [6.07, 6.45) is 1.16. The van der Waals surface area contributed by atoms with E-state index < -0.39 is 25.7 Å². The van der Waals surface area contributed by atoms with Gasteiger partial charge in [-0.3, -0.25) is 14.3 Å². The lowest BCUT2D eigenvalue weighted by molar-refractivity contribution is -0.134. The second kappa shape index (κ2) is 8.49. The molecule has 0 spiro atoms. The van der Waals surface area contributed by atoms with Gasteiger partial charge in [0, 0.05) is 37.7 Å². The highest BCUT2D eigenvalue weighted by Crippen LogP contribution is 2.28. The molecule has 0 bridgehead atoms. The van der Waals surface area contributed by atoms with Crippen molar-refractivity contribution in [3.8, 4) is 0 Å². The lowest BCUT2D eigenvalue weighted by Gasteiger charge is -2.29. The van der Waals surface area contributed by atoms with E-state index in [-0.39, 0.29) is 66.0 Å². The number of aryl methyl sites for hydroxylation is 1. The van der Waals surface area contributed by atoms with Crippen molar-refractivity contribution in [2.75, 3.05) is 30.1 Å². The van der Waals surface area contributed by atoms with Gasteiger partial charge >= 0.3 is 0 Å². The Morgan fingerprint density at radius 3 is 2.21 bits per heavy atom. The van der Waals surface area contributed by atoms with Crippen LogP contribution >= 0.6 is 0 Å². The molecule has 1 aromatic heterocycles. The van der Waals surface area contributed by atoms with E-state index >= 15 is 0 Å². The van der Waals surface area contributed by atoms with E-state index in [0.29, 0.717) is 12.8 Å². The van der Waals surface area contributed by atoms with Gasteiger partial charge in [0.1, 0.15) is 5.71 Å². The first-order chi connectivity index (χ1) is 15.4. The second-order valence-electron chi connectivity index (χ2n) is 9.15. The van der Waals surface area contributed by atoms with Crippen molar-refractivity contribution in [1.82, 2.24) is 19.7 Å². The highest BCUT2D eigenvalue weighted by Gasteiger charge is 2.38. The van der Waals surface area contributed by atoms with Gasteiger partial charge < -0.3 is 4.90 Å². The number of hydrogen-bond donors (Lipinski definition) is 0. The predicted molar refractivity (Wildman–Crippen MR) is 121 cm³/mol. The van der Waals surface area contributed by atoms with Crippen LogP contribution in [0.15, 0.2) is 5.10 Å². The zero-order valence-corrected chi connectivity index (χ0v) is 20.7. The lowest BCUT2D eigenvalue weighted by atomic mass is 10.1. The van der Waals surface area contributed by atoms with E-state index in [0.717, 1.165) is 17.0 Å². The number of carbonyl (C=O) groups is 2. The van der Waals surface area contributed by atoms with Crippen LogP contribution in [0.2, 0.25) is 0 Å². The van der Waals surface area contributed by atoms with Gasteiger partial charge in [-0.2, -0.15) is 10.2 Å². The summed E-state index contributed by atoms with van der Waals surface area (Å²) in [5.74, 6) is -0.486. The van der Waals surface area contributed by atoms with E-state index in [4.69, 9.17) is 0 Å². The normalized spacial score (nSPS) is 26.5. The van der Waals surface area contributed by atoms with Gasteiger partial charge in [0.05, 0.1) is 40.8 Å². The zero-order valence-electron chi connectivity index (χ0n) is 19.0. The number of rotatable bonds is 5. The Morgan fingerprint density at radius 1 is 1.03 bits per heavy atom. The SMILES string of the molecule is Cc1nn([C@H]2CCS(=O)(=O)C2)c(C)c1CN(C)C(=O)C1=NN([C@H]2CCS(=O)(=O)C2)C(=O)CC1. The number of amides is 2. The van der Waals surface area contributed by atoms with Crippen molar-refractivity contribution in [3.63, 3.8) is 0 Å². The molecule has 2 amide bonds. The molecule has 11 nitrogen and oxygen atoms in total. The largest absolute Gasteiger partial charge is 0.336 e. The molecule has 0 unspecified atom stereocenters. The number of hydrazone groups is 1. The molecule has 4 heterocycles. The van der Waals surface area contributed by atoms with Crippen LogP contribution in [-0.4, -0.2) is 90.2 Å². The third-order valence-electron chi connectivity index (χ3n) is 6.63. The zero-order chi connectivity index (χ0) is 24.1. The molecule has 33 heavy (non-hydrogen) atoms. The van der Waals surface area contributed by atoms with Crippen LogP contribution in [-0.2, 0) is 35.8 Å². The molecule has 0 saturated carbocycles. The number of sulfone groups is 2. The Kier molecular flexibility index (Phi) is 6.14. The quantitative estimate of drug-likeness (QED) is 0.555. The van der Waals surface area contributed by atoms with Crippen LogP contribution in [0, 0.1) is 13.8 Å². The van der Waals surface area contributed by atoms with Gasteiger partial charge in [0.25, 0.3) is 5.91 Å². The molecule has 0 aliphatic carbocycles. The van der Waals surface area contributed by atoms with Gasteiger partial charge in [0.15, 0.2) is 19.7 Å². The first-order valence-electron chi connectivity index (χ1n) is 11.0. The van der Waals surface area contributed by atoms with Crippen molar-refractivity contribution in [3.05, 3.63) is 17.0 Å². The summed E-state index contributed by atoms with van der Waals surface area (Å²) < 4.78 is 49.1. The van der Waals surface area contributed by atoms with E-state index in [2.05, 4.69) is 10.2 Å². The highest BCUT2D eigenvalue weighted by atomic mass is 32.2. The summed E-state index contributed by atoms with van der Waals surface area (Å²) in [5, 5.41) is 9.99. The van der Waals surface area contributed by atoms with E-state index in [1.165, 1.54) is 9.91 Å². The monoisotopic (exact) mass is 499 g/mol. The Hall–Kier alpha value is -2.28. The molecular weight excluding hydrogens is 470 g/mol. The Labute approximate surface area is 193 Å². The van der Waals surface area contributed by atoms with Crippen LogP contribution in [0.25, 0.3) is 0 Å². The van der Waals surface area contributed by atoms with Gasteiger partial charge in [-0.05, 0) is 26.7 Å². The van der Waals surface area contributed by atoms with Gasteiger partial charge in [-0.25, -0.2) is 21.8 Å². The van der Waals surface area contributed by atoms with E-state index in [1.807, 2.05) is 13.8 Å². The van der Waals surface area contributed by atoms with Crippen molar-refractivity contribution < 1.29 is 26.4 Å². The lowest BCUT2D eigenvalue weighted by Crippen LogP contribution is -2.44. The summed E-state index contributed by atoms with van der Waals surface area (Å²) in [6.45, 7) is 3.97. The van der Waals surface area contributed by atoms with Crippen LogP contribution in [0.5, 0.6) is 0 Å². The summed E-state index contributed by atoms with van der Waals surface area (Å²) in [5.41, 5.74) is 2.63. The second-order valence-corrected chi connectivity index (χ2v) is 13.6. The average Bonchev–Trinajstić information content (AvgIpc) is 3.37. The summed E-state index contributed by atoms with van der Waals surface area (Å²) in [7, 11) is -4.60. The number of hydrogen-bond acceptors (Lipinski definition) is 8. The molecule has 182 valence electrons. The van der Waals surface area contributed by atoms with Crippen LogP contribution < -0.4 is 0 Å². The maximum atomic E-state index is 13.1. The van der Waals surface area contributed by atoms with Crippen molar-refractivity contribution in [1.29, 1.82) is 0 Å². The summed E-state index contributed by atoms with van der Waals surface area (Å²) >= 11 is 0. The van der Waals surface area contributed by atoms with Gasteiger partial charge in [-0.15, -0.1) is 0 Å². The van der Waals surface area contributed by atoms with Crippen LogP contribution in [0.3, 0.4) is 0 Å². The van der Waals surface area contributed by atoms with E-state index in [9.17, 15) is 26.4 Å². The van der Waals surface area contributed by atoms with E-state index in [1.54, 1.807) is 11.7 Å². The summed E-state index contributed by atoms with van der Waals surface area (Å²) in [6, 6.07) is -0.727. The highest BCUT2D eigenvalue weighted by molar-refractivity contribution is 7.91. The summed E-state index contributed by atoms with van der Waals surface area (Å²) in [4.78, 5) is 26.9. The fraction of sp³-hybridized carbons (Fsp3) is 0.700. The molecule has 3 aliphatic heterocycles. The average molecular weight is 500 g/mol. The van der Waals surface area contributed by atoms with Crippen LogP contribution in [0.4, 0.5) is 0 Å². The molecule has 1 aromatic rings. The molecule has 0 radical (unpaired) electrons. The smallest absolute Gasteiger partial charge is 0.270 e. The number of nitrogens with zero attached hydrogens (tertiary/aromatic N) is 5. The van der Waals surface area contributed by atoms with Crippen molar-refractivity contribution in [2.45, 2.75) is 58.2 Å². The Balaban J connectivity index is 1.50. The maximum absolute atomic E-state index is 13.1. The Bertz CT molecular complexity index is 1230. The van der Waals surface area contributed by atoms with Gasteiger partial charge in [-0.1, -0.05) is 0 Å². The number of carbonyl (C=O) groups excluding carboxylic acids is 2. The third kappa shape index (κ3) is 4.84. The minimum absolute atomic E-state index is 0.0188. The molecule has 3 aliphatic rings. The fourth-order valence-electron chi connectivity index (χ4n) is 4.76. The van der Waals surface area contributed by atoms with Crippen molar-refractivity contribution >= 4 is 37.2 Å². The Morgan fingerprint density at radius 2 is 1.64 bits per heavy atom. The molecule has 2 saturated heterocycles. The first-order valence-corrected chi connectivity index (χ1v) is 14.6. The van der Waals surface area contributed by atoms with Crippen molar-refractivity contribution in [2.24, 2.45) is 5.10 Å². The topological polar surface area (TPSA) is 139 Å². The molecule has 0 aromatic carbocycles. The molecular formula is C20H29N5O6S2. The molecule has 4 rings (SSSR count). The molecule has 2 atom stereocenters. The minimum atomic E-state index is -3.19. The van der Waals surface area contributed by atoms with Gasteiger partial charge in [0.2, 0.25) is 5.91 Å². The minimum Gasteiger partial charge on any atom is -0.336 e. The fourth-order valence-corrected chi connectivity index (χ4v) is 8.14. The molecule has 13 heteroatoms. The molecule has 2 fully saturated rings. The third-order valence-corrected chi connectivity index (χ3v) is 10.1. The molecule has 0 N–H and O–H groups in total. The maximum Gasteiger partial charge on any atom is 0.270 e. The van der Waals surface area contributed by atoms with Crippen LogP contribution in [0.1, 0.15) is 48.7 Å². The predicted octanol–water partition coefficient (Wildman–Crippen LogP) is -0.0166.